The number of allylic oxidation sites excluding steroid dienone is 2. The number of ether oxygens (including phenoxy) is 1. The maximum Gasteiger partial charge on any atom is 0.248 e. The lowest BCUT2D eigenvalue weighted by Crippen LogP contribution is -2.64. The molecule has 26 nitrogen and oxygen atoms in total. The van der Waals surface area contributed by atoms with Crippen molar-refractivity contribution in [1.29, 1.82) is 0 Å². The van der Waals surface area contributed by atoms with E-state index in [1.165, 1.54) is 96.6 Å². The van der Waals surface area contributed by atoms with E-state index in [2.05, 4.69) is 26.2 Å². The SMILES string of the molecule is CC=CC[C@@H](C)[C@@H](O)[C@H]1C(=O)N[C@@H](CC)C(=O)N(C)[C@H](COCCCN2CCCCC2)C(=O)N(C)[C@@H](CC(C)(C)O)C(=O)N[C@@H](C(C)C)C(=O)N(C)[C@@H](CC(C)C)C(=O)N[C@@H](C)C(=O)N[C@H](C)C(=O)N(C)[C@@H](CC(C)C)C(=O)N(C)[C@@H](CC(C)C)C(=O)N(C)[C@@H](C(C)C)C(=O)N1C. The zero-order chi connectivity index (χ0) is 74.4. The Labute approximate surface area is 580 Å². The Hall–Kier alpha value is -6.25. The Morgan fingerprint density at radius 3 is 1.46 bits per heavy atom. The van der Waals surface area contributed by atoms with Crippen molar-refractivity contribution in [2.75, 3.05) is 82.2 Å². The molecule has 0 saturated carbocycles. The molecule has 0 aromatic carbocycles. The summed E-state index contributed by atoms with van der Waals surface area (Å²) in [4.78, 5) is 175. The summed E-state index contributed by atoms with van der Waals surface area (Å²) in [6, 6.07) is -14.7. The van der Waals surface area contributed by atoms with Crippen LogP contribution in [0.2, 0.25) is 0 Å². The monoisotopic (exact) mass is 1370 g/mol. The molecule has 2 aliphatic rings. The van der Waals surface area contributed by atoms with Crippen LogP contribution in [-0.4, -0.2) is 275 Å². The first kappa shape index (κ1) is 86.8. The van der Waals surface area contributed by atoms with Gasteiger partial charge in [-0.1, -0.05) is 102 Å². The van der Waals surface area contributed by atoms with Gasteiger partial charge in [0.1, 0.15) is 66.5 Å². The average Bonchev–Trinajstić information content (AvgIpc) is 0.808. The van der Waals surface area contributed by atoms with Crippen LogP contribution >= 0.6 is 0 Å². The highest BCUT2D eigenvalue weighted by Crippen LogP contribution is 2.27. The molecule has 97 heavy (non-hydrogen) atoms. The number of aliphatic hydroxyl groups excluding tert-OH is 1. The molecule has 11 amide bonds. The predicted octanol–water partition coefficient (Wildman–Crippen LogP) is 3.65. The van der Waals surface area contributed by atoms with E-state index < -0.39 is 161 Å². The first-order chi connectivity index (χ1) is 45.0. The molecule has 13 atom stereocenters. The first-order valence-electron chi connectivity index (χ1n) is 35.4. The second kappa shape index (κ2) is 40.1. The number of nitrogens with one attached hydrogen (secondary N) is 4. The molecule has 0 radical (unpaired) electrons. The smallest absolute Gasteiger partial charge is 0.248 e. The van der Waals surface area contributed by atoms with Crippen LogP contribution in [0.1, 0.15) is 182 Å². The molecule has 0 aromatic rings. The summed E-state index contributed by atoms with van der Waals surface area (Å²) < 4.78 is 6.24. The molecule has 0 aromatic heterocycles. The number of likely N-dealkylation sites (tertiary alicyclic amines) is 1. The Kier molecular flexibility index (Phi) is 35.9. The van der Waals surface area contributed by atoms with E-state index in [0.29, 0.717) is 6.42 Å². The van der Waals surface area contributed by atoms with E-state index in [1.54, 1.807) is 60.6 Å². The Bertz CT molecular complexity index is 2640. The van der Waals surface area contributed by atoms with E-state index in [0.717, 1.165) is 53.6 Å². The lowest BCUT2D eigenvalue weighted by molar-refractivity contribution is -0.157. The molecule has 0 aliphatic carbocycles. The Morgan fingerprint density at radius 1 is 0.515 bits per heavy atom. The van der Waals surface area contributed by atoms with Gasteiger partial charge in [0.05, 0.1) is 18.3 Å². The summed E-state index contributed by atoms with van der Waals surface area (Å²) in [5, 5.41) is 34.8. The molecular formula is C71H128N12O14. The van der Waals surface area contributed by atoms with Gasteiger partial charge in [-0.15, -0.1) is 0 Å². The minimum absolute atomic E-state index is 0.0518. The van der Waals surface area contributed by atoms with Crippen molar-refractivity contribution >= 4 is 65.0 Å². The molecule has 556 valence electrons. The van der Waals surface area contributed by atoms with E-state index in [1.807, 2.05) is 41.5 Å². The number of hydrogen-bond donors (Lipinski definition) is 6. The lowest BCUT2D eigenvalue weighted by atomic mass is 9.91. The minimum atomic E-state index is -1.67. The molecule has 0 bridgehead atoms. The normalized spacial score (nSPS) is 27.1. The summed E-state index contributed by atoms with van der Waals surface area (Å²) in [5.41, 5.74) is -1.61. The summed E-state index contributed by atoms with van der Waals surface area (Å²) in [5.74, 6) is -10.5. The maximum atomic E-state index is 15.4. The largest absolute Gasteiger partial charge is 0.390 e. The van der Waals surface area contributed by atoms with Crippen LogP contribution in [0, 0.1) is 35.5 Å². The van der Waals surface area contributed by atoms with E-state index in [9.17, 15) is 29.4 Å². The van der Waals surface area contributed by atoms with Crippen LogP contribution in [0.15, 0.2) is 12.2 Å². The Balaban J connectivity index is 3.11. The van der Waals surface area contributed by atoms with Gasteiger partial charge in [0.2, 0.25) is 65.0 Å². The van der Waals surface area contributed by atoms with Crippen molar-refractivity contribution in [3.63, 3.8) is 0 Å². The summed E-state index contributed by atoms with van der Waals surface area (Å²) in [6.07, 6.45) is 6.17. The van der Waals surface area contributed by atoms with Crippen molar-refractivity contribution in [3.8, 4) is 0 Å². The molecule has 6 N–H and O–H groups in total. The van der Waals surface area contributed by atoms with Gasteiger partial charge in [-0.05, 0) is 135 Å². The third kappa shape index (κ3) is 25.5. The van der Waals surface area contributed by atoms with Gasteiger partial charge in [0.25, 0.3) is 0 Å². The van der Waals surface area contributed by atoms with E-state index in [4.69, 9.17) is 4.74 Å². The number of amides is 11. The van der Waals surface area contributed by atoms with Crippen LogP contribution in [-0.2, 0) is 57.5 Å². The highest BCUT2D eigenvalue weighted by Gasteiger charge is 2.47. The highest BCUT2D eigenvalue weighted by molar-refractivity contribution is 6.00. The third-order valence-electron chi connectivity index (χ3n) is 18.9. The number of carbonyl (C=O) groups excluding carboxylic acids is 11. The fraction of sp³-hybridized carbons (Fsp3) is 0.817. The molecule has 2 fully saturated rings. The average molecular weight is 1370 g/mol. The molecule has 2 heterocycles. The standard InChI is InChI=1S/C71H128N12O14/c1-25-27-32-47(13)59(84)58-63(88)74-50(26-2)65(90)80(22)55(41-97-36-31-35-83-33-29-28-30-34-83)68(93)79(21)54(40-71(16,17)96)62(87)75-56(45(9)10)69(94)76(18)51(37-42(3)4)61(86)72-48(14)60(85)73-49(15)64(89)77(19)52(38-43(5)6)66(91)78(20)53(39-44(7)8)67(92)81(23)57(46(11)12)70(95)82(58)24/h25,27,42-59,84,96H,26,28-41H2,1-24H3,(H,72,86)(H,73,85)(H,74,88)(H,75,87)/t47-,48+,49-,50+,51+,52+,53+,54+,55-,56+,57+,58+,59-/m1/s1. The second-order valence-corrected chi connectivity index (χ2v) is 30.0. The van der Waals surface area contributed by atoms with Crippen molar-refractivity contribution in [1.82, 2.24) is 60.5 Å². The number of piperidine rings is 1. The molecular weight excluding hydrogens is 1240 g/mol. The van der Waals surface area contributed by atoms with Gasteiger partial charge >= 0.3 is 0 Å². The molecule has 26 heteroatoms. The number of nitrogens with zero attached hydrogens (tertiary/aromatic N) is 8. The number of likely N-dealkylation sites (N-methyl/N-ethyl adjacent to an activating group) is 7. The van der Waals surface area contributed by atoms with E-state index in [-0.39, 0.29) is 69.5 Å². The minimum Gasteiger partial charge on any atom is -0.390 e. The van der Waals surface area contributed by atoms with Gasteiger partial charge in [-0.2, -0.15) is 0 Å². The maximum absolute atomic E-state index is 15.4. The van der Waals surface area contributed by atoms with Crippen LogP contribution in [0.25, 0.3) is 0 Å². The number of aliphatic hydroxyl groups is 2. The molecule has 2 aliphatic heterocycles. The van der Waals surface area contributed by atoms with Gasteiger partial charge in [-0.3, -0.25) is 52.7 Å². The molecule has 2 saturated heterocycles. The van der Waals surface area contributed by atoms with Crippen molar-refractivity contribution in [2.24, 2.45) is 35.5 Å². The zero-order valence-corrected chi connectivity index (χ0v) is 63.5. The second-order valence-electron chi connectivity index (χ2n) is 30.0. The highest BCUT2D eigenvalue weighted by atomic mass is 16.5. The lowest BCUT2D eigenvalue weighted by Gasteiger charge is -2.41. The van der Waals surface area contributed by atoms with Gasteiger partial charge in [0.15, 0.2) is 0 Å². The van der Waals surface area contributed by atoms with Crippen molar-refractivity contribution in [3.05, 3.63) is 12.2 Å². The topological polar surface area (TPSA) is 312 Å². The quantitative estimate of drug-likeness (QED) is 0.0706. The number of rotatable bonds is 21. The van der Waals surface area contributed by atoms with Crippen LogP contribution < -0.4 is 21.3 Å². The molecule has 0 spiro atoms. The fourth-order valence-electron chi connectivity index (χ4n) is 12.7. The van der Waals surface area contributed by atoms with Gasteiger partial charge in [0, 0.05) is 68.9 Å². The van der Waals surface area contributed by atoms with Crippen LogP contribution in [0.4, 0.5) is 0 Å². The van der Waals surface area contributed by atoms with Crippen LogP contribution in [0.5, 0.6) is 0 Å². The van der Waals surface area contributed by atoms with Crippen molar-refractivity contribution in [2.45, 2.75) is 260 Å². The molecule has 2 rings (SSSR count). The van der Waals surface area contributed by atoms with Gasteiger partial charge < -0.3 is 75.4 Å². The summed E-state index contributed by atoms with van der Waals surface area (Å²) >= 11 is 0. The third-order valence-corrected chi connectivity index (χ3v) is 18.9. The van der Waals surface area contributed by atoms with E-state index >= 15 is 33.6 Å². The Morgan fingerprint density at radius 2 is 0.969 bits per heavy atom. The summed E-state index contributed by atoms with van der Waals surface area (Å²) in [7, 11) is 9.79. The molecule has 0 unspecified atom stereocenters. The van der Waals surface area contributed by atoms with Gasteiger partial charge in [-0.25, -0.2) is 0 Å². The van der Waals surface area contributed by atoms with Crippen molar-refractivity contribution < 1.29 is 67.7 Å². The summed E-state index contributed by atoms with van der Waals surface area (Å²) in [6.45, 7) is 31.3. The first-order valence-corrected chi connectivity index (χ1v) is 35.4. The number of hydrogen-bond acceptors (Lipinski definition) is 15. The zero-order valence-electron chi connectivity index (χ0n) is 63.5. The van der Waals surface area contributed by atoms with Crippen LogP contribution in [0.3, 0.4) is 0 Å². The predicted molar refractivity (Wildman–Crippen MR) is 375 cm³/mol. The number of carbonyl (C=O) groups is 11. The fourth-order valence-corrected chi connectivity index (χ4v) is 12.7.